The van der Waals surface area contributed by atoms with Gasteiger partial charge in [-0.1, -0.05) is 60.1 Å². The highest BCUT2D eigenvalue weighted by Crippen LogP contribution is 2.37. The van der Waals surface area contributed by atoms with Gasteiger partial charge >= 0.3 is 0 Å². The molecule has 0 radical (unpaired) electrons. The molecule has 2 amide bonds. The average Bonchev–Trinajstić information content (AvgIpc) is 3.01. The quantitative estimate of drug-likeness (QED) is 0.108. The molecule has 214 valence electrons. The molecular weight excluding hydrogens is 622 g/mol. The van der Waals surface area contributed by atoms with E-state index in [1.807, 2.05) is 18.2 Å². The Morgan fingerprint density at radius 2 is 1.62 bits per heavy atom. The van der Waals surface area contributed by atoms with E-state index < -0.39 is 11.8 Å². The van der Waals surface area contributed by atoms with Gasteiger partial charge in [-0.15, -0.1) is 0 Å². The molecule has 42 heavy (non-hydrogen) atoms. The van der Waals surface area contributed by atoms with E-state index in [2.05, 4.69) is 31.8 Å². The van der Waals surface area contributed by atoms with Crippen molar-refractivity contribution in [2.24, 2.45) is 5.10 Å². The zero-order valence-corrected chi connectivity index (χ0v) is 25.1. The number of ether oxygens (including phenoxy) is 3. The monoisotopic (exact) mass is 647 g/mol. The number of benzene rings is 4. The zero-order valence-electron chi connectivity index (χ0n) is 22.8. The van der Waals surface area contributed by atoms with Crippen LogP contribution in [0.4, 0.5) is 0 Å². The van der Waals surface area contributed by atoms with E-state index in [1.165, 1.54) is 13.3 Å². The van der Waals surface area contributed by atoms with Crippen molar-refractivity contribution in [3.05, 3.63) is 128 Å². The molecule has 0 aliphatic carbocycles. The van der Waals surface area contributed by atoms with Gasteiger partial charge in [-0.3, -0.25) is 9.59 Å². The minimum absolute atomic E-state index is 0.00764. The second-order valence-corrected chi connectivity index (χ2v) is 10.0. The van der Waals surface area contributed by atoms with E-state index in [-0.39, 0.29) is 12.3 Å². The lowest BCUT2D eigenvalue weighted by atomic mass is 10.1. The molecule has 8 nitrogen and oxygen atoms in total. The molecule has 0 fully saturated rings. The lowest BCUT2D eigenvalue weighted by Gasteiger charge is -2.14. The van der Waals surface area contributed by atoms with Crippen LogP contribution in [-0.2, 0) is 11.4 Å². The highest BCUT2D eigenvalue weighted by atomic mass is 79.9. The van der Waals surface area contributed by atoms with Crippen LogP contribution in [0.3, 0.4) is 0 Å². The van der Waals surface area contributed by atoms with Gasteiger partial charge in [-0.05, 0) is 75.6 Å². The topological polar surface area (TPSA) is 98.2 Å². The van der Waals surface area contributed by atoms with Crippen LogP contribution in [-0.4, -0.2) is 32.2 Å². The number of halogens is 2. The van der Waals surface area contributed by atoms with Crippen molar-refractivity contribution < 1.29 is 23.8 Å². The molecule has 0 unspecified atom stereocenters. The standard InChI is InChI=1S/C32H27BrClN3O5/c1-40-25-14-12-21(13-15-25)17-28(36-31(38)23-8-4-3-5-9-23)32(39)37-35-19-22-16-26(33)30(29(18-22)41-2)42-20-24-10-6-7-11-27(24)34/h3-19H,20H2,1-2H3,(H,36,38)(H,37,39). The van der Waals surface area contributed by atoms with Crippen LogP contribution in [0, 0.1) is 0 Å². The lowest BCUT2D eigenvalue weighted by molar-refractivity contribution is -0.117. The predicted molar refractivity (Wildman–Crippen MR) is 167 cm³/mol. The fourth-order valence-corrected chi connectivity index (χ4v) is 4.52. The minimum Gasteiger partial charge on any atom is -0.497 e. The third kappa shape index (κ3) is 8.22. The first kappa shape index (κ1) is 30.4. The molecule has 4 aromatic rings. The predicted octanol–water partition coefficient (Wildman–Crippen LogP) is 6.62. The lowest BCUT2D eigenvalue weighted by Crippen LogP contribution is -2.32. The van der Waals surface area contributed by atoms with Crippen molar-refractivity contribution in [2.45, 2.75) is 6.61 Å². The van der Waals surface area contributed by atoms with Crippen LogP contribution in [0.5, 0.6) is 17.2 Å². The summed E-state index contributed by atoms with van der Waals surface area (Å²) in [4.78, 5) is 25.9. The third-order valence-electron chi connectivity index (χ3n) is 5.92. The smallest absolute Gasteiger partial charge is 0.287 e. The van der Waals surface area contributed by atoms with E-state index in [9.17, 15) is 9.59 Å². The molecule has 0 atom stereocenters. The summed E-state index contributed by atoms with van der Waals surface area (Å²) in [6.45, 7) is 0.246. The molecule has 0 aliphatic rings. The van der Waals surface area contributed by atoms with E-state index in [1.54, 1.807) is 86.0 Å². The van der Waals surface area contributed by atoms with Crippen LogP contribution < -0.4 is 25.0 Å². The first-order valence-corrected chi connectivity index (χ1v) is 13.8. The van der Waals surface area contributed by atoms with E-state index in [4.69, 9.17) is 25.8 Å². The Morgan fingerprint density at radius 1 is 0.905 bits per heavy atom. The molecular formula is C32H27BrClN3O5. The van der Waals surface area contributed by atoms with Crippen molar-refractivity contribution in [1.29, 1.82) is 0 Å². The number of hydrogen-bond donors (Lipinski definition) is 2. The van der Waals surface area contributed by atoms with Crippen molar-refractivity contribution in [3.8, 4) is 17.2 Å². The molecule has 0 heterocycles. The molecule has 0 bridgehead atoms. The molecule has 4 aromatic carbocycles. The molecule has 0 aliphatic heterocycles. The van der Waals surface area contributed by atoms with Gasteiger partial charge in [0.2, 0.25) is 0 Å². The Kier molecular flexibility index (Phi) is 10.7. The largest absolute Gasteiger partial charge is 0.497 e. The molecule has 0 saturated heterocycles. The van der Waals surface area contributed by atoms with Crippen molar-refractivity contribution in [3.63, 3.8) is 0 Å². The van der Waals surface area contributed by atoms with E-state index in [0.29, 0.717) is 43.4 Å². The Hall–Kier alpha value is -4.60. The van der Waals surface area contributed by atoms with Crippen LogP contribution in [0.2, 0.25) is 5.02 Å². The summed E-state index contributed by atoms with van der Waals surface area (Å²) in [5, 5.41) is 7.37. The van der Waals surface area contributed by atoms with Gasteiger partial charge in [0.05, 0.1) is 24.9 Å². The summed E-state index contributed by atoms with van der Waals surface area (Å²) >= 11 is 9.76. The first-order chi connectivity index (χ1) is 20.4. The minimum atomic E-state index is -0.614. The number of hydrazone groups is 1. The number of hydrogen-bond acceptors (Lipinski definition) is 6. The van der Waals surface area contributed by atoms with Crippen LogP contribution in [0.15, 0.2) is 106 Å². The summed E-state index contributed by atoms with van der Waals surface area (Å²) in [5.74, 6) is 0.567. The van der Waals surface area contributed by atoms with Crippen LogP contribution in [0.1, 0.15) is 27.0 Å². The molecule has 2 N–H and O–H groups in total. The van der Waals surface area contributed by atoms with Gasteiger partial charge in [-0.25, -0.2) is 5.43 Å². The number of nitrogens with zero attached hydrogens (tertiary/aromatic N) is 1. The van der Waals surface area contributed by atoms with Crippen molar-refractivity contribution >= 4 is 51.6 Å². The van der Waals surface area contributed by atoms with Crippen LogP contribution in [0.25, 0.3) is 6.08 Å². The van der Waals surface area contributed by atoms with Gasteiger partial charge in [-0.2, -0.15) is 5.10 Å². The summed E-state index contributed by atoms with van der Waals surface area (Å²) in [6, 6.07) is 26.5. The number of rotatable bonds is 11. The second-order valence-electron chi connectivity index (χ2n) is 8.76. The van der Waals surface area contributed by atoms with Gasteiger partial charge in [0.1, 0.15) is 18.1 Å². The second kappa shape index (κ2) is 14.9. The molecule has 0 saturated carbocycles. The van der Waals surface area contributed by atoms with E-state index in [0.717, 1.165) is 5.56 Å². The number of amides is 2. The fraction of sp³-hybridized carbons (Fsp3) is 0.0938. The Balaban J connectivity index is 1.50. The summed E-state index contributed by atoms with van der Waals surface area (Å²) < 4.78 is 17.3. The maximum atomic E-state index is 13.1. The van der Waals surface area contributed by atoms with Crippen LogP contribution >= 0.6 is 27.5 Å². The first-order valence-electron chi connectivity index (χ1n) is 12.7. The maximum Gasteiger partial charge on any atom is 0.287 e. The zero-order chi connectivity index (χ0) is 29.9. The van der Waals surface area contributed by atoms with Gasteiger partial charge in [0, 0.05) is 16.1 Å². The summed E-state index contributed by atoms with van der Waals surface area (Å²) in [7, 11) is 3.09. The number of nitrogens with one attached hydrogen (secondary N) is 2. The maximum absolute atomic E-state index is 13.1. The summed E-state index contributed by atoms with van der Waals surface area (Å²) in [6.07, 6.45) is 3.00. The van der Waals surface area contributed by atoms with Crippen molar-refractivity contribution in [2.75, 3.05) is 14.2 Å². The molecule has 10 heteroatoms. The van der Waals surface area contributed by atoms with E-state index >= 15 is 0 Å². The third-order valence-corrected chi connectivity index (χ3v) is 6.87. The molecule has 4 rings (SSSR count). The number of carbonyl (C=O) groups excluding carboxylic acids is 2. The van der Waals surface area contributed by atoms with Gasteiger partial charge < -0.3 is 19.5 Å². The number of methoxy groups -OCH3 is 2. The Morgan fingerprint density at radius 3 is 2.31 bits per heavy atom. The molecule has 0 spiro atoms. The number of carbonyl (C=O) groups is 2. The molecule has 0 aromatic heterocycles. The highest BCUT2D eigenvalue weighted by Gasteiger charge is 2.15. The fourth-order valence-electron chi connectivity index (χ4n) is 3.75. The Labute approximate surface area is 257 Å². The summed E-state index contributed by atoms with van der Waals surface area (Å²) in [5.41, 5.74) is 5.03. The highest BCUT2D eigenvalue weighted by molar-refractivity contribution is 9.10. The van der Waals surface area contributed by atoms with Gasteiger partial charge in [0.25, 0.3) is 11.8 Å². The van der Waals surface area contributed by atoms with Gasteiger partial charge in [0.15, 0.2) is 11.5 Å². The average molecular weight is 649 g/mol. The Bertz CT molecular complexity index is 1610. The van der Waals surface area contributed by atoms with Crippen molar-refractivity contribution in [1.82, 2.24) is 10.7 Å². The SMILES string of the molecule is COc1ccc(C=C(NC(=O)c2ccccc2)C(=O)NN=Cc2cc(Br)c(OCc3ccccc3Cl)c(OC)c2)cc1. The normalized spacial score (nSPS) is 11.2.